The van der Waals surface area contributed by atoms with Crippen molar-refractivity contribution >= 4 is 22.4 Å². The van der Waals surface area contributed by atoms with Crippen LogP contribution in [0.25, 0.3) is 28.1 Å². The van der Waals surface area contributed by atoms with Gasteiger partial charge in [-0.25, -0.2) is 9.20 Å². The smallest absolute Gasteiger partial charge is 0.291 e. The normalized spacial score (nSPS) is 11.3. The minimum Gasteiger partial charge on any atom is -0.291 e. The summed E-state index contributed by atoms with van der Waals surface area (Å²) in [6, 6.07) is 5.74. The number of nitrogens with one attached hydrogen (secondary N) is 2. The lowest BCUT2D eigenvalue weighted by Crippen LogP contribution is -2.17. The summed E-state index contributed by atoms with van der Waals surface area (Å²) in [5.41, 5.74) is 0.904. The number of nitro benzene ring substituents is 1. The van der Waals surface area contributed by atoms with Crippen molar-refractivity contribution < 1.29 is 4.92 Å². The van der Waals surface area contributed by atoms with Crippen LogP contribution >= 0.6 is 0 Å². The highest BCUT2D eigenvalue weighted by atomic mass is 16.6. The van der Waals surface area contributed by atoms with Crippen LogP contribution in [0.4, 0.5) is 5.69 Å². The number of aromatic amines is 2. The largest absolute Gasteiger partial charge is 0.334 e. The van der Waals surface area contributed by atoms with Crippen molar-refractivity contribution in [3.8, 4) is 11.4 Å². The van der Waals surface area contributed by atoms with Crippen LogP contribution in [0, 0.1) is 10.1 Å². The molecule has 0 fully saturated rings. The molecule has 0 atom stereocenters. The molecule has 0 spiro atoms. The summed E-state index contributed by atoms with van der Waals surface area (Å²) in [5.74, 6) is 0.300. The number of benzene rings is 1. The molecule has 0 aliphatic rings. The molecular formula is C12H7N7O3. The lowest BCUT2D eigenvalue weighted by Gasteiger charge is -1.99. The van der Waals surface area contributed by atoms with Gasteiger partial charge in [0.2, 0.25) is 0 Å². The number of nitro groups is 1. The number of hydrogen-bond donors (Lipinski definition) is 2. The number of aromatic nitrogens is 6. The first kappa shape index (κ1) is 12.2. The van der Waals surface area contributed by atoms with Gasteiger partial charge >= 0.3 is 5.69 Å². The SMILES string of the molecule is O=c1[nH]c2[nH]ncc2c2nnc(-c3ccc([N+](=O)[O-])cc3)n12. The Morgan fingerprint density at radius 2 is 1.95 bits per heavy atom. The molecule has 2 N–H and O–H groups in total. The van der Waals surface area contributed by atoms with E-state index in [0.717, 1.165) is 0 Å². The Morgan fingerprint density at radius 1 is 1.18 bits per heavy atom. The summed E-state index contributed by atoms with van der Waals surface area (Å²) in [6.45, 7) is 0. The molecule has 3 heterocycles. The molecule has 3 aromatic heterocycles. The topological polar surface area (TPSA) is 135 Å². The third kappa shape index (κ3) is 1.60. The Morgan fingerprint density at radius 3 is 2.68 bits per heavy atom. The van der Waals surface area contributed by atoms with E-state index in [9.17, 15) is 14.9 Å². The van der Waals surface area contributed by atoms with Crippen molar-refractivity contribution in [3.05, 3.63) is 51.1 Å². The van der Waals surface area contributed by atoms with E-state index in [4.69, 9.17) is 0 Å². The first-order valence-electron chi connectivity index (χ1n) is 6.20. The molecule has 0 radical (unpaired) electrons. The Balaban J connectivity index is 1.99. The second-order valence-electron chi connectivity index (χ2n) is 4.58. The minimum absolute atomic E-state index is 0.0382. The number of H-pyrrole nitrogens is 2. The standard InChI is InChI=1S/C12H7N7O3/c20-12-14-9-8(5-13-15-9)11-17-16-10(18(11)12)6-1-3-7(4-2-6)19(21)22/h1-5H,(H2,13,14,15,20). The molecule has 0 aliphatic carbocycles. The number of rotatable bonds is 2. The lowest BCUT2D eigenvalue weighted by molar-refractivity contribution is -0.384. The zero-order valence-electron chi connectivity index (χ0n) is 10.8. The van der Waals surface area contributed by atoms with E-state index in [1.54, 1.807) is 0 Å². The number of hydrogen-bond acceptors (Lipinski definition) is 6. The van der Waals surface area contributed by atoms with E-state index in [-0.39, 0.29) is 5.69 Å². The molecule has 0 saturated heterocycles. The van der Waals surface area contributed by atoms with Gasteiger partial charge in [-0.3, -0.25) is 20.2 Å². The lowest BCUT2D eigenvalue weighted by atomic mass is 10.2. The maximum Gasteiger partial charge on any atom is 0.334 e. The second-order valence-corrected chi connectivity index (χ2v) is 4.58. The molecule has 10 heteroatoms. The van der Waals surface area contributed by atoms with Gasteiger partial charge in [0.1, 0.15) is 5.65 Å². The third-order valence-corrected chi connectivity index (χ3v) is 3.31. The maximum atomic E-state index is 12.2. The van der Waals surface area contributed by atoms with Crippen LogP contribution < -0.4 is 5.69 Å². The quantitative estimate of drug-likeness (QED) is 0.416. The third-order valence-electron chi connectivity index (χ3n) is 3.31. The van der Waals surface area contributed by atoms with Gasteiger partial charge in [-0.05, 0) is 12.1 Å². The van der Waals surface area contributed by atoms with Gasteiger partial charge in [0.15, 0.2) is 11.5 Å². The van der Waals surface area contributed by atoms with Gasteiger partial charge in [-0.2, -0.15) is 5.10 Å². The van der Waals surface area contributed by atoms with Crippen molar-refractivity contribution in [3.63, 3.8) is 0 Å². The van der Waals surface area contributed by atoms with E-state index < -0.39 is 10.6 Å². The minimum atomic E-state index is -0.493. The molecule has 22 heavy (non-hydrogen) atoms. The number of nitrogens with zero attached hydrogens (tertiary/aromatic N) is 5. The molecule has 1 aromatic carbocycles. The predicted octanol–water partition coefficient (Wildman–Crippen LogP) is 0.869. The van der Waals surface area contributed by atoms with E-state index in [1.165, 1.54) is 34.9 Å². The van der Waals surface area contributed by atoms with Crippen molar-refractivity contribution in [1.82, 2.24) is 29.8 Å². The van der Waals surface area contributed by atoms with Crippen LogP contribution in [0.3, 0.4) is 0 Å². The average molecular weight is 297 g/mol. The molecule has 0 aliphatic heterocycles. The monoisotopic (exact) mass is 297 g/mol. The second kappa shape index (κ2) is 4.22. The van der Waals surface area contributed by atoms with Crippen LogP contribution in [-0.2, 0) is 0 Å². The Kier molecular flexibility index (Phi) is 2.34. The van der Waals surface area contributed by atoms with Gasteiger partial charge < -0.3 is 0 Å². The van der Waals surface area contributed by atoms with E-state index in [0.29, 0.717) is 28.1 Å². The molecule has 4 aromatic rings. The molecule has 0 unspecified atom stereocenters. The van der Waals surface area contributed by atoms with Crippen molar-refractivity contribution in [2.45, 2.75) is 0 Å². The summed E-state index contributed by atoms with van der Waals surface area (Å²) in [7, 11) is 0. The van der Waals surface area contributed by atoms with Crippen molar-refractivity contribution in [2.24, 2.45) is 0 Å². The maximum absolute atomic E-state index is 12.2. The summed E-state index contributed by atoms with van der Waals surface area (Å²) < 4.78 is 1.30. The molecule has 10 nitrogen and oxygen atoms in total. The highest BCUT2D eigenvalue weighted by Gasteiger charge is 2.15. The van der Waals surface area contributed by atoms with Gasteiger partial charge in [0.25, 0.3) is 5.69 Å². The fourth-order valence-electron chi connectivity index (χ4n) is 2.28. The zero-order chi connectivity index (χ0) is 15.3. The van der Waals surface area contributed by atoms with Crippen LogP contribution in [0.1, 0.15) is 0 Å². The van der Waals surface area contributed by atoms with E-state index in [1.807, 2.05) is 0 Å². The fraction of sp³-hybridized carbons (Fsp3) is 0. The summed E-state index contributed by atoms with van der Waals surface area (Å²) >= 11 is 0. The van der Waals surface area contributed by atoms with E-state index in [2.05, 4.69) is 25.4 Å². The summed E-state index contributed by atoms with van der Waals surface area (Å²) in [6.07, 6.45) is 1.54. The molecule has 4 rings (SSSR count). The van der Waals surface area contributed by atoms with Crippen LogP contribution in [0.15, 0.2) is 35.3 Å². The van der Waals surface area contributed by atoms with Crippen LogP contribution in [0.5, 0.6) is 0 Å². The molecular weight excluding hydrogens is 290 g/mol. The zero-order valence-corrected chi connectivity index (χ0v) is 10.8. The Labute approximate surface area is 120 Å². The highest BCUT2D eigenvalue weighted by molar-refractivity contribution is 5.88. The summed E-state index contributed by atoms with van der Waals surface area (Å²) in [5, 5.41) is 25.9. The fourth-order valence-corrected chi connectivity index (χ4v) is 2.28. The summed E-state index contributed by atoms with van der Waals surface area (Å²) in [4.78, 5) is 25.0. The first-order valence-corrected chi connectivity index (χ1v) is 6.20. The molecule has 108 valence electrons. The Bertz CT molecular complexity index is 1070. The van der Waals surface area contributed by atoms with E-state index >= 15 is 0 Å². The van der Waals surface area contributed by atoms with Crippen LogP contribution in [0.2, 0.25) is 0 Å². The highest BCUT2D eigenvalue weighted by Crippen LogP contribution is 2.22. The van der Waals surface area contributed by atoms with Crippen molar-refractivity contribution in [1.29, 1.82) is 0 Å². The van der Waals surface area contributed by atoms with Gasteiger partial charge in [0, 0.05) is 17.7 Å². The number of fused-ring (bicyclic) bond motifs is 3. The molecule has 0 bridgehead atoms. The van der Waals surface area contributed by atoms with Crippen molar-refractivity contribution in [2.75, 3.05) is 0 Å². The molecule has 0 saturated carbocycles. The Hall–Kier alpha value is -3.56. The van der Waals surface area contributed by atoms with Gasteiger partial charge in [-0.15, -0.1) is 10.2 Å². The van der Waals surface area contributed by atoms with Crippen LogP contribution in [-0.4, -0.2) is 34.7 Å². The first-order chi connectivity index (χ1) is 10.6. The predicted molar refractivity (Wildman–Crippen MR) is 75.3 cm³/mol. The number of non-ortho nitro benzene ring substituents is 1. The van der Waals surface area contributed by atoms with Gasteiger partial charge in [0.05, 0.1) is 16.5 Å². The molecule has 0 amide bonds. The van der Waals surface area contributed by atoms with Gasteiger partial charge in [-0.1, -0.05) is 0 Å². The average Bonchev–Trinajstić information content (AvgIpc) is 3.13.